The van der Waals surface area contributed by atoms with E-state index in [9.17, 15) is 24.0 Å². The number of carboxylic acids is 1. The van der Waals surface area contributed by atoms with E-state index >= 15 is 0 Å². The largest absolute Gasteiger partial charge is 0.484 e. The van der Waals surface area contributed by atoms with Crippen LogP contribution in [0.25, 0.3) is 0 Å². The predicted molar refractivity (Wildman–Crippen MR) is 147 cm³/mol. The smallest absolute Gasteiger partial charge is 0.305 e. The Kier molecular flexibility index (Phi) is 6.70. The lowest BCUT2D eigenvalue weighted by atomic mass is 9.68. The number of amides is 3. The number of imide groups is 1. The Morgan fingerprint density at radius 3 is 2.61 bits per heavy atom. The summed E-state index contributed by atoms with van der Waals surface area (Å²) in [5.41, 5.74) is 0.941. The number of nitrogens with zero attached hydrogens (tertiary/aromatic N) is 2. The molecule has 3 aliphatic heterocycles. The van der Waals surface area contributed by atoms with Gasteiger partial charge in [-0.3, -0.25) is 28.9 Å². The monoisotopic (exact) mass is 599 g/mol. The summed E-state index contributed by atoms with van der Waals surface area (Å²) in [4.78, 5) is 69.8. The Balaban J connectivity index is 1.18. The SMILES string of the molecule is O=C(O)CCN1C(=O)C2C3CC(C2C1=O)C1C3Sc2[nH]c(=O)sc2[C@@H]1c1cccc(OCC(=O)N2CCOCC2)c1. The molecule has 1 aromatic carbocycles. The molecule has 6 unspecified atom stereocenters. The Labute approximate surface area is 243 Å². The van der Waals surface area contributed by atoms with Gasteiger partial charge in [0.2, 0.25) is 11.8 Å². The van der Waals surface area contributed by atoms with Crippen LogP contribution in [0, 0.1) is 29.6 Å². The first-order valence-electron chi connectivity index (χ1n) is 13.9. The van der Waals surface area contributed by atoms with Crippen LogP contribution in [0.2, 0.25) is 0 Å². The van der Waals surface area contributed by atoms with E-state index in [1.165, 1.54) is 11.3 Å². The highest BCUT2D eigenvalue weighted by Gasteiger charge is 2.69. The third-order valence-electron chi connectivity index (χ3n) is 9.31. The number of carbonyl (C=O) groups is 4. The van der Waals surface area contributed by atoms with Gasteiger partial charge in [-0.15, -0.1) is 11.8 Å². The third-order valence-corrected chi connectivity index (χ3v) is 11.9. The molecule has 2 N–H and O–H groups in total. The van der Waals surface area contributed by atoms with Crippen molar-refractivity contribution < 1.29 is 33.8 Å². The van der Waals surface area contributed by atoms with E-state index in [1.54, 1.807) is 16.7 Å². The van der Waals surface area contributed by atoms with Gasteiger partial charge in [0, 0.05) is 35.7 Å². The molecule has 4 fully saturated rings. The zero-order chi connectivity index (χ0) is 28.4. The number of benzene rings is 1. The van der Waals surface area contributed by atoms with E-state index in [2.05, 4.69) is 4.98 Å². The normalized spacial score (nSPS) is 31.7. The fourth-order valence-electron chi connectivity index (χ4n) is 7.73. The number of fused-ring (bicyclic) bond motifs is 9. The van der Waals surface area contributed by atoms with Crippen molar-refractivity contribution in [1.29, 1.82) is 0 Å². The van der Waals surface area contributed by atoms with E-state index < -0.39 is 17.8 Å². The van der Waals surface area contributed by atoms with E-state index in [-0.39, 0.29) is 71.1 Å². The standard InChI is InChI=1S/C28H29N3O8S2/c32-17(30-6-8-38-9-7-30)12-39-14-3-1-2-13(10-14)19-20-15-11-16(23(20)40-25-24(19)41-28(37)29-25)22-21(15)26(35)31(27(22)36)5-4-18(33)34/h1-3,10,15-16,19-23H,4-9,11-12H2,(H,29,37)(H,33,34)/t15?,16?,19-,20?,21?,22?,23?/m1/s1. The molecule has 41 heavy (non-hydrogen) atoms. The number of carbonyl (C=O) groups excluding carboxylic acids is 3. The number of thiazole rings is 1. The highest BCUT2D eigenvalue weighted by atomic mass is 32.2. The molecule has 216 valence electrons. The maximum absolute atomic E-state index is 13.5. The summed E-state index contributed by atoms with van der Waals surface area (Å²) >= 11 is 2.78. The van der Waals surface area contributed by atoms with Crippen LogP contribution in [-0.2, 0) is 23.9 Å². The first-order valence-corrected chi connectivity index (χ1v) is 15.6. The van der Waals surface area contributed by atoms with Gasteiger partial charge in [0.15, 0.2) is 6.61 Å². The molecule has 0 spiro atoms. The van der Waals surface area contributed by atoms with Gasteiger partial charge in [0.1, 0.15) is 5.75 Å². The lowest BCUT2D eigenvalue weighted by Gasteiger charge is -2.43. The number of rotatable bonds is 7. The van der Waals surface area contributed by atoms with Crippen LogP contribution in [0.5, 0.6) is 5.75 Å². The number of thioether (sulfide) groups is 1. The number of hydrogen-bond donors (Lipinski definition) is 2. The molecule has 3 amide bonds. The first kappa shape index (κ1) is 26.7. The van der Waals surface area contributed by atoms with Gasteiger partial charge in [0.05, 0.1) is 36.5 Å². The highest BCUT2D eigenvalue weighted by Crippen LogP contribution is 2.68. The number of aliphatic carboxylic acids is 1. The summed E-state index contributed by atoms with van der Waals surface area (Å²) in [6.45, 7) is 1.92. The van der Waals surface area contributed by atoms with Crippen LogP contribution in [0.15, 0.2) is 34.1 Å². The van der Waals surface area contributed by atoms with Crippen molar-refractivity contribution in [2.24, 2.45) is 29.6 Å². The number of H-pyrrole nitrogens is 1. The van der Waals surface area contributed by atoms with Crippen molar-refractivity contribution >= 4 is 46.8 Å². The molecule has 0 radical (unpaired) electrons. The molecule has 2 aromatic rings. The molecule has 4 heterocycles. The topological polar surface area (TPSA) is 146 Å². The number of nitrogens with one attached hydrogen (secondary N) is 1. The summed E-state index contributed by atoms with van der Waals surface area (Å²) in [5, 5.41) is 9.98. The number of ether oxygens (including phenoxy) is 2. The third kappa shape index (κ3) is 4.40. The molecule has 2 aliphatic carbocycles. The second kappa shape index (κ2) is 10.3. The molecule has 2 saturated heterocycles. The van der Waals surface area contributed by atoms with Crippen LogP contribution in [0.3, 0.4) is 0 Å². The van der Waals surface area contributed by atoms with Crippen molar-refractivity contribution in [3.8, 4) is 5.75 Å². The van der Waals surface area contributed by atoms with Crippen LogP contribution in [0.4, 0.5) is 0 Å². The minimum absolute atomic E-state index is 0.0200. The quantitative estimate of drug-likeness (QED) is 0.454. The summed E-state index contributed by atoms with van der Waals surface area (Å²) in [6.07, 6.45) is 0.484. The van der Waals surface area contributed by atoms with Gasteiger partial charge in [-0.1, -0.05) is 23.5 Å². The summed E-state index contributed by atoms with van der Waals surface area (Å²) < 4.78 is 11.2. The average Bonchev–Trinajstić information content (AvgIpc) is 3.70. The highest BCUT2D eigenvalue weighted by molar-refractivity contribution is 8.00. The zero-order valence-corrected chi connectivity index (χ0v) is 23.7. The van der Waals surface area contributed by atoms with Crippen LogP contribution in [0.1, 0.15) is 29.2 Å². The Morgan fingerprint density at radius 1 is 1.10 bits per heavy atom. The predicted octanol–water partition coefficient (Wildman–Crippen LogP) is 1.62. The van der Waals surface area contributed by atoms with Gasteiger partial charge >= 0.3 is 10.8 Å². The summed E-state index contributed by atoms with van der Waals surface area (Å²) in [5.74, 6) is -2.26. The summed E-state index contributed by atoms with van der Waals surface area (Å²) in [7, 11) is 0. The van der Waals surface area contributed by atoms with E-state index in [0.29, 0.717) is 32.1 Å². The molecular weight excluding hydrogens is 570 g/mol. The van der Waals surface area contributed by atoms with Crippen LogP contribution in [-0.4, -0.2) is 88.3 Å². The molecular formula is C28H29N3O8S2. The number of likely N-dealkylation sites (tertiary alicyclic amines) is 1. The fourth-order valence-corrected chi connectivity index (χ4v) is 10.6. The minimum atomic E-state index is -1.04. The van der Waals surface area contributed by atoms with Crippen molar-refractivity contribution in [3.05, 3.63) is 44.4 Å². The van der Waals surface area contributed by atoms with Gasteiger partial charge in [-0.2, -0.15) is 0 Å². The second-order valence-electron chi connectivity index (χ2n) is 11.3. The second-order valence-corrected chi connectivity index (χ2v) is 13.5. The Bertz CT molecular complexity index is 1480. The van der Waals surface area contributed by atoms with Crippen molar-refractivity contribution in [3.63, 3.8) is 0 Å². The molecule has 13 heteroatoms. The number of carboxylic acid groups (broad SMARTS) is 1. The molecule has 7 rings (SSSR count). The molecule has 7 atom stereocenters. The van der Waals surface area contributed by atoms with Crippen LogP contribution >= 0.6 is 23.1 Å². The molecule has 1 aromatic heterocycles. The number of aromatic amines is 1. The van der Waals surface area contributed by atoms with Crippen molar-refractivity contribution in [2.45, 2.75) is 29.0 Å². The number of hydrogen-bond acceptors (Lipinski definition) is 9. The van der Waals surface area contributed by atoms with Gasteiger partial charge in [0.25, 0.3) is 5.91 Å². The maximum Gasteiger partial charge on any atom is 0.305 e. The molecule has 2 saturated carbocycles. The van der Waals surface area contributed by atoms with Gasteiger partial charge < -0.3 is 24.5 Å². The fraction of sp³-hybridized carbons (Fsp3) is 0.536. The minimum Gasteiger partial charge on any atom is -0.484 e. The zero-order valence-electron chi connectivity index (χ0n) is 22.0. The molecule has 11 nitrogen and oxygen atoms in total. The van der Waals surface area contributed by atoms with E-state index in [0.717, 1.165) is 26.8 Å². The van der Waals surface area contributed by atoms with E-state index in [4.69, 9.17) is 14.6 Å². The van der Waals surface area contributed by atoms with Crippen molar-refractivity contribution in [2.75, 3.05) is 39.5 Å². The van der Waals surface area contributed by atoms with E-state index in [1.807, 2.05) is 24.3 Å². The van der Waals surface area contributed by atoms with Crippen LogP contribution < -0.4 is 9.61 Å². The van der Waals surface area contributed by atoms with Gasteiger partial charge in [-0.25, -0.2) is 0 Å². The molecule has 5 aliphatic rings. The Hall–Kier alpha value is -3.16. The lowest BCUT2D eigenvalue weighted by Crippen LogP contribution is -2.43. The molecule has 2 bridgehead atoms. The summed E-state index contributed by atoms with van der Waals surface area (Å²) in [6, 6.07) is 7.60. The number of aromatic nitrogens is 1. The van der Waals surface area contributed by atoms with Crippen molar-refractivity contribution in [1.82, 2.24) is 14.8 Å². The average molecular weight is 600 g/mol. The lowest BCUT2D eigenvalue weighted by molar-refractivity contribution is -0.143. The Morgan fingerprint density at radius 2 is 1.85 bits per heavy atom. The number of morpholine rings is 1. The maximum atomic E-state index is 13.5. The first-order chi connectivity index (χ1) is 19.8. The van der Waals surface area contributed by atoms with Gasteiger partial charge in [-0.05, 0) is 41.9 Å².